The minimum Gasteiger partial charge on any atom is -0.478 e. The third kappa shape index (κ3) is 2.87. The van der Waals surface area contributed by atoms with Gasteiger partial charge < -0.3 is 9.67 Å². The lowest BCUT2D eigenvalue weighted by molar-refractivity contribution is 0.0697. The van der Waals surface area contributed by atoms with E-state index >= 15 is 0 Å². The third-order valence-corrected chi connectivity index (χ3v) is 4.01. The molecule has 3 rings (SSSR count). The van der Waals surface area contributed by atoms with Gasteiger partial charge in [-0.3, -0.25) is 0 Å². The van der Waals surface area contributed by atoms with Gasteiger partial charge in [-0.2, -0.15) is 5.26 Å². The molecule has 0 bridgehead atoms. The zero-order chi connectivity index (χ0) is 17.1. The maximum absolute atomic E-state index is 11.1. The van der Waals surface area contributed by atoms with Crippen LogP contribution in [0.3, 0.4) is 0 Å². The van der Waals surface area contributed by atoms with Gasteiger partial charge in [-0.1, -0.05) is 35.9 Å². The standard InChI is InChI=1S/C18H12ClN3O2/c19-17-12(4-3-5-13(17)18(23)24)8-9-16-21-14-6-1-2-7-15(14)22(16)11-10-20/h1-9H,11H2,(H,23,24). The van der Waals surface area contributed by atoms with Crippen LogP contribution in [-0.4, -0.2) is 20.6 Å². The summed E-state index contributed by atoms with van der Waals surface area (Å²) in [5.41, 5.74) is 2.28. The molecule has 0 amide bonds. The molecule has 1 heterocycles. The highest BCUT2D eigenvalue weighted by molar-refractivity contribution is 6.35. The first-order valence-electron chi connectivity index (χ1n) is 7.14. The quantitative estimate of drug-likeness (QED) is 0.778. The number of benzene rings is 2. The van der Waals surface area contributed by atoms with E-state index in [0.717, 1.165) is 11.0 Å². The number of nitrogens with zero attached hydrogens (tertiary/aromatic N) is 3. The van der Waals surface area contributed by atoms with E-state index in [1.807, 2.05) is 24.3 Å². The van der Waals surface area contributed by atoms with E-state index in [1.165, 1.54) is 6.07 Å². The van der Waals surface area contributed by atoms with Crippen molar-refractivity contribution in [3.8, 4) is 6.07 Å². The van der Waals surface area contributed by atoms with Crippen LogP contribution in [0, 0.1) is 11.3 Å². The number of fused-ring (bicyclic) bond motifs is 1. The number of aromatic carboxylic acids is 1. The molecule has 1 aromatic heterocycles. The molecule has 0 unspecified atom stereocenters. The molecule has 6 heteroatoms. The van der Waals surface area contributed by atoms with Crippen LogP contribution in [0.15, 0.2) is 42.5 Å². The van der Waals surface area contributed by atoms with Crippen LogP contribution >= 0.6 is 11.6 Å². The highest BCUT2D eigenvalue weighted by atomic mass is 35.5. The molecule has 0 aliphatic rings. The second kappa shape index (κ2) is 6.57. The molecule has 0 aliphatic carbocycles. The molecular formula is C18H12ClN3O2. The number of carbonyl (C=O) groups is 1. The Morgan fingerprint density at radius 1 is 1.25 bits per heavy atom. The predicted molar refractivity (Wildman–Crippen MR) is 92.7 cm³/mol. The minimum absolute atomic E-state index is 0.0457. The molecule has 0 fully saturated rings. The SMILES string of the molecule is N#CCn1c(C=Cc2cccc(C(=O)O)c2Cl)nc2ccccc21. The van der Waals surface area contributed by atoms with Crippen molar-refractivity contribution in [3.05, 3.63) is 64.4 Å². The molecular weight excluding hydrogens is 326 g/mol. The van der Waals surface area contributed by atoms with Gasteiger partial charge >= 0.3 is 5.97 Å². The molecule has 118 valence electrons. The van der Waals surface area contributed by atoms with Gasteiger partial charge in [0, 0.05) is 0 Å². The summed E-state index contributed by atoms with van der Waals surface area (Å²) in [5, 5.41) is 18.3. The van der Waals surface area contributed by atoms with Gasteiger partial charge in [0.1, 0.15) is 12.4 Å². The number of aromatic nitrogens is 2. The molecule has 0 saturated heterocycles. The maximum Gasteiger partial charge on any atom is 0.337 e. The molecule has 5 nitrogen and oxygen atoms in total. The van der Waals surface area contributed by atoms with Crippen molar-refractivity contribution in [1.29, 1.82) is 5.26 Å². The van der Waals surface area contributed by atoms with Crippen LogP contribution in [0.2, 0.25) is 5.02 Å². The molecule has 0 saturated carbocycles. The smallest absolute Gasteiger partial charge is 0.337 e. The molecule has 0 spiro atoms. The van der Waals surface area contributed by atoms with Crippen LogP contribution in [0.25, 0.3) is 23.2 Å². The largest absolute Gasteiger partial charge is 0.478 e. The molecule has 1 N–H and O–H groups in total. The van der Waals surface area contributed by atoms with E-state index in [-0.39, 0.29) is 17.1 Å². The van der Waals surface area contributed by atoms with Gasteiger partial charge in [0.2, 0.25) is 0 Å². The highest BCUT2D eigenvalue weighted by Gasteiger charge is 2.11. The van der Waals surface area contributed by atoms with Crippen molar-refractivity contribution >= 4 is 40.8 Å². The number of para-hydroxylation sites is 2. The number of rotatable bonds is 4. The normalized spacial score (nSPS) is 11.0. The average Bonchev–Trinajstić information content (AvgIpc) is 2.92. The Morgan fingerprint density at radius 2 is 2.04 bits per heavy atom. The van der Waals surface area contributed by atoms with Crippen molar-refractivity contribution < 1.29 is 9.90 Å². The summed E-state index contributed by atoms with van der Waals surface area (Å²) < 4.78 is 1.79. The molecule has 2 aromatic carbocycles. The number of hydrogen-bond acceptors (Lipinski definition) is 3. The Bertz CT molecular complexity index is 999. The molecule has 0 atom stereocenters. The summed E-state index contributed by atoms with van der Waals surface area (Å²) in [7, 11) is 0. The summed E-state index contributed by atoms with van der Waals surface area (Å²) in [5.74, 6) is -0.471. The first-order chi connectivity index (χ1) is 11.6. The topological polar surface area (TPSA) is 78.9 Å². The van der Waals surface area contributed by atoms with Crippen molar-refractivity contribution in [1.82, 2.24) is 9.55 Å². The lowest BCUT2D eigenvalue weighted by Gasteiger charge is -2.03. The lowest BCUT2D eigenvalue weighted by atomic mass is 10.1. The first-order valence-corrected chi connectivity index (χ1v) is 7.51. The average molecular weight is 338 g/mol. The Labute approximate surface area is 143 Å². The highest BCUT2D eigenvalue weighted by Crippen LogP contribution is 2.24. The number of hydrogen-bond donors (Lipinski definition) is 1. The summed E-state index contributed by atoms with van der Waals surface area (Å²) >= 11 is 6.14. The fourth-order valence-electron chi connectivity index (χ4n) is 2.47. The number of imidazole rings is 1. The molecule has 3 aromatic rings. The van der Waals surface area contributed by atoms with Gasteiger partial charge in [-0.15, -0.1) is 0 Å². The van der Waals surface area contributed by atoms with E-state index in [4.69, 9.17) is 22.0 Å². The van der Waals surface area contributed by atoms with Gasteiger partial charge in [-0.05, 0) is 35.9 Å². The van der Waals surface area contributed by atoms with Crippen molar-refractivity contribution in [3.63, 3.8) is 0 Å². The van der Waals surface area contributed by atoms with Gasteiger partial charge in [0.05, 0.1) is 27.7 Å². The van der Waals surface area contributed by atoms with Crippen LogP contribution in [-0.2, 0) is 6.54 Å². The number of nitriles is 1. The second-order valence-electron chi connectivity index (χ2n) is 5.05. The van der Waals surface area contributed by atoms with Crippen LogP contribution < -0.4 is 0 Å². The van der Waals surface area contributed by atoms with Crippen molar-refractivity contribution in [2.24, 2.45) is 0 Å². The Hall–Kier alpha value is -3.10. The zero-order valence-corrected chi connectivity index (χ0v) is 13.2. The van der Waals surface area contributed by atoms with Crippen LogP contribution in [0.4, 0.5) is 0 Å². The van der Waals surface area contributed by atoms with Gasteiger partial charge in [-0.25, -0.2) is 9.78 Å². The predicted octanol–water partition coefficient (Wildman–Crippen LogP) is 4.08. The van der Waals surface area contributed by atoms with Crippen LogP contribution in [0.1, 0.15) is 21.7 Å². The first kappa shape index (κ1) is 15.8. The van der Waals surface area contributed by atoms with E-state index in [9.17, 15) is 4.79 Å². The zero-order valence-electron chi connectivity index (χ0n) is 12.5. The summed E-state index contributed by atoms with van der Waals surface area (Å²) in [6, 6.07) is 14.5. The minimum atomic E-state index is -1.08. The number of carboxylic acids is 1. The van der Waals surface area contributed by atoms with Gasteiger partial charge in [0.15, 0.2) is 0 Å². The molecule has 24 heavy (non-hydrogen) atoms. The van der Waals surface area contributed by atoms with Crippen molar-refractivity contribution in [2.45, 2.75) is 6.54 Å². The van der Waals surface area contributed by atoms with E-state index < -0.39 is 5.97 Å². The maximum atomic E-state index is 11.1. The Morgan fingerprint density at radius 3 is 2.79 bits per heavy atom. The lowest BCUT2D eigenvalue weighted by Crippen LogP contribution is -1.99. The molecule has 0 aliphatic heterocycles. The fourth-order valence-corrected chi connectivity index (χ4v) is 2.74. The summed E-state index contributed by atoms with van der Waals surface area (Å²) in [6.07, 6.45) is 3.42. The summed E-state index contributed by atoms with van der Waals surface area (Å²) in [4.78, 5) is 15.6. The number of halogens is 1. The Kier molecular flexibility index (Phi) is 4.32. The monoisotopic (exact) mass is 337 g/mol. The van der Waals surface area contributed by atoms with Crippen molar-refractivity contribution in [2.75, 3.05) is 0 Å². The summed E-state index contributed by atoms with van der Waals surface area (Å²) in [6.45, 7) is 0.170. The van der Waals surface area contributed by atoms with E-state index in [0.29, 0.717) is 11.4 Å². The fraction of sp³-hybridized carbons (Fsp3) is 0.0556. The third-order valence-electron chi connectivity index (χ3n) is 3.58. The Balaban J connectivity index is 2.06. The number of carboxylic acid groups (broad SMARTS) is 1. The van der Waals surface area contributed by atoms with E-state index in [2.05, 4.69) is 11.1 Å². The van der Waals surface area contributed by atoms with Gasteiger partial charge in [0.25, 0.3) is 0 Å². The van der Waals surface area contributed by atoms with E-state index in [1.54, 1.807) is 28.9 Å². The second-order valence-corrected chi connectivity index (χ2v) is 5.43. The molecule has 0 radical (unpaired) electrons. The van der Waals surface area contributed by atoms with Crippen LogP contribution in [0.5, 0.6) is 0 Å².